The number of carbonyl (C=O) groups excluding carboxylic acids is 1. The summed E-state index contributed by atoms with van der Waals surface area (Å²) in [7, 11) is 3.13. The zero-order valence-corrected chi connectivity index (χ0v) is 13.9. The van der Waals surface area contributed by atoms with Crippen molar-refractivity contribution in [3.8, 4) is 23.0 Å². The topological polar surface area (TPSA) is 78.4 Å². The van der Waals surface area contributed by atoms with Crippen molar-refractivity contribution in [3.05, 3.63) is 48.0 Å². The van der Waals surface area contributed by atoms with E-state index in [1.807, 2.05) is 12.1 Å². The van der Waals surface area contributed by atoms with Gasteiger partial charge in [0.1, 0.15) is 18.1 Å². The standard InChI is InChI=1S/C18H18N2O5/c1-22-13-7-12(8-14(9-13)23-2)10-19-20-18(21)17-11-24-15-5-3-4-6-16(15)25-17/h3-10,17H,11H2,1-2H3,(H,20,21)/b19-10+. The molecule has 0 bridgehead atoms. The lowest BCUT2D eigenvalue weighted by atomic mass is 10.2. The van der Waals surface area contributed by atoms with Gasteiger partial charge in [0.25, 0.3) is 5.91 Å². The fourth-order valence-corrected chi connectivity index (χ4v) is 2.30. The second-order valence-corrected chi connectivity index (χ2v) is 5.24. The summed E-state index contributed by atoms with van der Waals surface area (Å²) in [6, 6.07) is 12.5. The summed E-state index contributed by atoms with van der Waals surface area (Å²) in [6.07, 6.45) is 0.743. The van der Waals surface area contributed by atoms with Gasteiger partial charge in [0, 0.05) is 11.6 Å². The largest absolute Gasteiger partial charge is 0.497 e. The van der Waals surface area contributed by atoms with Crippen molar-refractivity contribution in [3.63, 3.8) is 0 Å². The number of fused-ring (bicyclic) bond motifs is 1. The molecule has 1 atom stereocenters. The van der Waals surface area contributed by atoms with Crippen molar-refractivity contribution in [2.45, 2.75) is 6.10 Å². The smallest absolute Gasteiger partial charge is 0.284 e. The number of nitrogens with zero attached hydrogens (tertiary/aromatic N) is 1. The Hall–Kier alpha value is -3.22. The number of hydrazone groups is 1. The highest BCUT2D eigenvalue weighted by molar-refractivity contribution is 5.85. The summed E-state index contributed by atoms with van der Waals surface area (Å²) in [4.78, 5) is 12.2. The van der Waals surface area contributed by atoms with Crippen LogP contribution in [-0.4, -0.2) is 39.1 Å². The number of methoxy groups -OCH3 is 2. The van der Waals surface area contributed by atoms with Gasteiger partial charge in [-0.15, -0.1) is 0 Å². The van der Waals surface area contributed by atoms with Gasteiger partial charge in [-0.2, -0.15) is 5.10 Å². The maximum Gasteiger partial charge on any atom is 0.284 e. The van der Waals surface area contributed by atoms with Gasteiger partial charge in [-0.1, -0.05) is 12.1 Å². The predicted octanol–water partition coefficient (Wildman–Crippen LogP) is 1.99. The van der Waals surface area contributed by atoms with Gasteiger partial charge in [-0.25, -0.2) is 5.43 Å². The summed E-state index contributed by atoms with van der Waals surface area (Å²) < 4.78 is 21.5. The quantitative estimate of drug-likeness (QED) is 0.664. The molecule has 0 aromatic heterocycles. The van der Waals surface area contributed by atoms with Crippen molar-refractivity contribution >= 4 is 12.1 Å². The van der Waals surface area contributed by atoms with Crippen molar-refractivity contribution < 1.29 is 23.7 Å². The third kappa shape index (κ3) is 4.00. The molecule has 0 spiro atoms. The molecule has 1 aliphatic rings. The average Bonchev–Trinajstić information content (AvgIpc) is 2.67. The number of amides is 1. The molecule has 1 N–H and O–H groups in total. The normalized spacial score (nSPS) is 15.7. The second kappa shape index (κ2) is 7.57. The van der Waals surface area contributed by atoms with Crippen molar-refractivity contribution in [1.82, 2.24) is 5.43 Å². The highest BCUT2D eigenvalue weighted by Crippen LogP contribution is 2.30. The van der Waals surface area contributed by atoms with Crippen LogP contribution in [0.3, 0.4) is 0 Å². The molecular formula is C18H18N2O5. The van der Waals surface area contributed by atoms with Gasteiger partial charge in [0.2, 0.25) is 6.10 Å². The van der Waals surface area contributed by atoms with Crippen LogP contribution in [-0.2, 0) is 4.79 Å². The van der Waals surface area contributed by atoms with Gasteiger partial charge in [0.05, 0.1) is 20.4 Å². The molecule has 1 amide bonds. The Morgan fingerprint density at radius 1 is 1.16 bits per heavy atom. The van der Waals surface area contributed by atoms with Crippen LogP contribution in [0.4, 0.5) is 0 Å². The molecular weight excluding hydrogens is 324 g/mol. The summed E-state index contributed by atoms with van der Waals surface area (Å²) in [5.74, 6) is 2.04. The molecule has 2 aromatic carbocycles. The zero-order valence-electron chi connectivity index (χ0n) is 13.9. The maximum absolute atomic E-state index is 12.2. The number of benzene rings is 2. The van der Waals surface area contributed by atoms with Crippen molar-refractivity contribution in [2.75, 3.05) is 20.8 Å². The van der Waals surface area contributed by atoms with Crippen LogP contribution in [0.15, 0.2) is 47.6 Å². The Bertz CT molecular complexity index is 769. The molecule has 0 saturated heterocycles. The Kier molecular flexibility index (Phi) is 5.03. The van der Waals surface area contributed by atoms with Gasteiger partial charge < -0.3 is 18.9 Å². The summed E-state index contributed by atoms with van der Waals surface area (Å²) in [5.41, 5.74) is 3.18. The van der Waals surface area contributed by atoms with Crippen LogP contribution in [0.25, 0.3) is 0 Å². The number of hydrogen-bond acceptors (Lipinski definition) is 6. The van der Waals surface area contributed by atoms with Crippen LogP contribution in [0.1, 0.15) is 5.56 Å². The van der Waals surface area contributed by atoms with E-state index in [-0.39, 0.29) is 12.5 Å². The Labute approximate surface area is 145 Å². The highest BCUT2D eigenvalue weighted by Gasteiger charge is 2.26. The van der Waals surface area contributed by atoms with Crippen LogP contribution < -0.4 is 24.4 Å². The molecule has 1 aliphatic heterocycles. The molecule has 25 heavy (non-hydrogen) atoms. The molecule has 0 aliphatic carbocycles. The van der Waals surface area contributed by atoms with Crippen LogP contribution >= 0.6 is 0 Å². The number of rotatable bonds is 5. The fourth-order valence-electron chi connectivity index (χ4n) is 2.30. The van der Waals surface area contributed by atoms with Crippen LogP contribution in [0.5, 0.6) is 23.0 Å². The first-order chi connectivity index (χ1) is 12.2. The molecule has 2 aromatic rings. The predicted molar refractivity (Wildman–Crippen MR) is 91.6 cm³/mol. The second-order valence-electron chi connectivity index (χ2n) is 5.24. The van der Waals surface area contributed by atoms with Gasteiger partial charge in [0.15, 0.2) is 11.5 Å². The van der Waals surface area contributed by atoms with E-state index in [4.69, 9.17) is 18.9 Å². The van der Waals surface area contributed by atoms with E-state index >= 15 is 0 Å². The SMILES string of the molecule is COc1cc(/C=N/NC(=O)C2COc3ccccc3O2)cc(OC)c1. The Balaban J connectivity index is 1.62. The minimum atomic E-state index is -0.758. The minimum absolute atomic E-state index is 0.130. The zero-order chi connectivity index (χ0) is 17.6. The number of carbonyl (C=O) groups is 1. The number of para-hydroxylation sites is 2. The highest BCUT2D eigenvalue weighted by atomic mass is 16.6. The third-order valence-corrected chi connectivity index (χ3v) is 3.56. The van der Waals surface area contributed by atoms with E-state index in [0.717, 1.165) is 5.56 Å². The molecule has 1 unspecified atom stereocenters. The number of nitrogens with one attached hydrogen (secondary N) is 1. The molecule has 7 heteroatoms. The molecule has 0 saturated carbocycles. The summed E-state index contributed by atoms with van der Waals surface area (Å²) >= 11 is 0. The van der Waals surface area contributed by atoms with Crippen LogP contribution in [0, 0.1) is 0 Å². The van der Waals surface area contributed by atoms with Gasteiger partial charge in [-0.05, 0) is 24.3 Å². The third-order valence-electron chi connectivity index (χ3n) is 3.56. The van der Waals surface area contributed by atoms with Crippen molar-refractivity contribution in [1.29, 1.82) is 0 Å². The van der Waals surface area contributed by atoms with Gasteiger partial charge in [-0.3, -0.25) is 4.79 Å². The lowest BCUT2D eigenvalue weighted by molar-refractivity contribution is -0.130. The molecule has 1 heterocycles. The Morgan fingerprint density at radius 3 is 2.52 bits per heavy atom. The molecule has 0 radical (unpaired) electrons. The Morgan fingerprint density at radius 2 is 1.84 bits per heavy atom. The molecule has 130 valence electrons. The number of hydrogen-bond donors (Lipinski definition) is 1. The average molecular weight is 342 g/mol. The minimum Gasteiger partial charge on any atom is -0.497 e. The lowest BCUT2D eigenvalue weighted by Crippen LogP contribution is -2.42. The molecule has 3 rings (SSSR count). The van der Waals surface area contributed by atoms with Gasteiger partial charge >= 0.3 is 0 Å². The van der Waals surface area contributed by atoms with Crippen molar-refractivity contribution in [2.24, 2.45) is 5.10 Å². The van der Waals surface area contributed by atoms with E-state index in [0.29, 0.717) is 23.0 Å². The lowest BCUT2D eigenvalue weighted by Gasteiger charge is -2.24. The first kappa shape index (κ1) is 16.6. The first-order valence-electron chi connectivity index (χ1n) is 7.64. The fraction of sp³-hybridized carbons (Fsp3) is 0.222. The van der Waals surface area contributed by atoms with Crippen LogP contribution in [0.2, 0.25) is 0 Å². The molecule has 0 fully saturated rings. The summed E-state index contributed by atoms with van der Waals surface area (Å²) in [5, 5.41) is 3.95. The monoisotopic (exact) mass is 342 g/mol. The van der Waals surface area contributed by atoms with E-state index < -0.39 is 6.10 Å². The summed E-state index contributed by atoms with van der Waals surface area (Å²) in [6.45, 7) is 0.130. The van der Waals surface area contributed by atoms with E-state index in [9.17, 15) is 4.79 Å². The maximum atomic E-state index is 12.2. The van der Waals surface area contributed by atoms with E-state index in [1.54, 1.807) is 44.6 Å². The number of ether oxygens (including phenoxy) is 4. The first-order valence-corrected chi connectivity index (χ1v) is 7.64. The van der Waals surface area contributed by atoms with E-state index in [1.165, 1.54) is 6.21 Å². The van der Waals surface area contributed by atoms with E-state index in [2.05, 4.69) is 10.5 Å². The molecule has 7 nitrogen and oxygen atoms in total.